The highest BCUT2D eigenvalue weighted by Gasteiger charge is 2.32. The molecule has 2 aromatic carbocycles. The molecule has 0 saturated carbocycles. The molecule has 0 unspecified atom stereocenters. The van der Waals surface area contributed by atoms with Crippen LogP contribution in [0.2, 0.25) is 0 Å². The summed E-state index contributed by atoms with van der Waals surface area (Å²) in [5, 5.41) is 0.585. The number of halogens is 3. The molecule has 27 heavy (non-hydrogen) atoms. The summed E-state index contributed by atoms with van der Waals surface area (Å²) in [5.41, 5.74) is 1.13. The highest BCUT2D eigenvalue weighted by molar-refractivity contribution is 7.89. The molecule has 2 heterocycles. The van der Waals surface area contributed by atoms with Gasteiger partial charge >= 0.3 is 0 Å². The van der Waals surface area contributed by atoms with Crippen LogP contribution in [0.1, 0.15) is 19.3 Å². The van der Waals surface area contributed by atoms with Gasteiger partial charge in [0.2, 0.25) is 10.0 Å². The lowest BCUT2D eigenvalue weighted by molar-refractivity contribution is 0.342. The number of benzene rings is 2. The molecule has 0 radical (unpaired) electrons. The minimum absolute atomic E-state index is 0.181. The summed E-state index contributed by atoms with van der Waals surface area (Å²) in [6.07, 6.45) is 3.76. The summed E-state index contributed by atoms with van der Waals surface area (Å²) in [5.74, 6) is -2.70. The van der Waals surface area contributed by atoms with E-state index < -0.39 is 32.4 Å². The number of piperidine rings is 1. The first-order chi connectivity index (χ1) is 12.9. The summed E-state index contributed by atoms with van der Waals surface area (Å²) in [4.78, 5) is 1.93. The molecule has 0 aliphatic carbocycles. The van der Waals surface area contributed by atoms with E-state index in [0.717, 1.165) is 22.9 Å². The zero-order valence-electron chi connectivity index (χ0n) is 14.3. The van der Waals surface area contributed by atoms with Crippen molar-refractivity contribution in [3.63, 3.8) is 0 Å². The highest BCUT2D eigenvalue weighted by atomic mass is 32.2. The topological polar surface area (TPSA) is 53.2 Å². The fourth-order valence-electron chi connectivity index (χ4n) is 3.53. The number of sulfonamides is 1. The second kappa shape index (κ2) is 6.69. The van der Waals surface area contributed by atoms with Gasteiger partial charge in [0.05, 0.1) is 0 Å². The van der Waals surface area contributed by atoms with Gasteiger partial charge in [-0.25, -0.2) is 21.6 Å². The molecular weight excluding hydrogens is 377 g/mol. The molecule has 4 nitrogen and oxygen atoms in total. The van der Waals surface area contributed by atoms with E-state index in [0.29, 0.717) is 29.3 Å². The van der Waals surface area contributed by atoms with Crippen LogP contribution in [0.4, 0.5) is 13.2 Å². The number of fused-ring (bicyclic) bond motifs is 1. The zero-order chi connectivity index (χ0) is 19.2. The van der Waals surface area contributed by atoms with Crippen LogP contribution in [0, 0.1) is 17.5 Å². The van der Waals surface area contributed by atoms with Gasteiger partial charge in [-0.2, -0.15) is 4.31 Å². The van der Waals surface area contributed by atoms with Gasteiger partial charge in [-0.15, -0.1) is 0 Å². The number of nitrogens with zero attached hydrogens (tertiary/aromatic N) is 1. The summed E-state index contributed by atoms with van der Waals surface area (Å²) in [6, 6.07) is 6.05. The Morgan fingerprint density at radius 2 is 1.59 bits per heavy atom. The van der Waals surface area contributed by atoms with Crippen LogP contribution >= 0.6 is 0 Å². The van der Waals surface area contributed by atoms with E-state index in [9.17, 15) is 21.6 Å². The van der Waals surface area contributed by atoms with Crippen LogP contribution < -0.4 is 0 Å². The van der Waals surface area contributed by atoms with Gasteiger partial charge < -0.3 is 4.98 Å². The normalized spacial score (nSPS) is 16.1. The molecule has 142 valence electrons. The van der Waals surface area contributed by atoms with E-state index in [2.05, 4.69) is 4.98 Å². The third kappa shape index (κ3) is 3.12. The second-order valence-electron chi connectivity index (χ2n) is 6.63. The molecule has 1 aromatic heterocycles. The molecule has 0 bridgehead atoms. The number of nitrogens with one attached hydrogen (secondary N) is 1. The van der Waals surface area contributed by atoms with Crippen molar-refractivity contribution in [1.82, 2.24) is 9.29 Å². The first-order valence-electron chi connectivity index (χ1n) is 8.64. The Bertz CT molecular complexity index is 1100. The number of H-pyrrole nitrogens is 1. The average Bonchev–Trinajstić information content (AvgIpc) is 3.04. The Balaban J connectivity index is 1.80. The van der Waals surface area contributed by atoms with Crippen LogP contribution in [-0.2, 0) is 10.0 Å². The minimum Gasteiger partial charge on any atom is -0.360 e. The average molecular weight is 394 g/mol. The molecular formula is C19H17F3N2O2S. The SMILES string of the molecule is O=S(=O)(c1c(F)cc(-c2c[nH]c3cc(F)ccc23)cc1F)N1CCCCC1. The number of rotatable bonds is 3. The Hall–Kier alpha value is -2.32. The molecule has 0 amide bonds. The van der Waals surface area contributed by atoms with E-state index in [-0.39, 0.29) is 18.7 Å². The van der Waals surface area contributed by atoms with E-state index in [1.807, 2.05) is 0 Å². The van der Waals surface area contributed by atoms with Crippen molar-refractivity contribution in [1.29, 1.82) is 0 Å². The molecule has 0 atom stereocenters. The minimum atomic E-state index is -4.23. The quantitative estimate of drug-likeness (QED) is 0.715. The Labute approximate surface area is 154 Å². The fourth-order valence-corrected chi connectivity index (χ4v) is 5.14. The first kappa shape index (κ1) is 18.1. The molecule has 1 saturated heterocycles. The second-order valence-corrected chi connectivity index (χ2v) is 8.50. The molecule has 4 rings (SSSR count). The smallest absolute Gasteiger partial charge is 0.248 e. The largest absolute Gasteiger partial charge is 0.360 e. The van der Waals surface area contributed by atoms with E-state index >= 15 is 0 Å². The van der Waals surface area contributed by atoms with Crippen molar-refractivity contribution in [2.75, 3.05) is 13.1 Å². The highest BCUT2D eigenvalue weighted by Crippen LogP contribution is 2.33. The van der Waals surface area contributed by atoms with Crippen LogP contribution in [0.15, 0.2) is 41.4 Å². The van der Waals surface area contributed by atoms with Crippen molar-refractivity contribution in [3.05, 3.63) is 54.0 Å². The lowest BCUT2D eigenvalue weighted by atomic mass is 10.0. The summed E-state index contributed by atoms with van der Waals surface area (Å²) < 4.78 is 69.2. The van der Waals surface area contributed by atoms with E-state index in [1.54, 1.807) is 0 Å². The van der Waals surface area contributed by atoms with Crippen molar-refractivity contribution in [2.45, 2.75) is 24.2 Å². The Morgan fingerprint density at radius 1 is 0.926 bits per heavy atom. The number of hydrogen-bond acceptors (Lipinski definition) is 2. The number of aromatic amines is 1. The maximum Gasteiger partial charge on any atom is 0.248 e. The van der Waals surface area contributed by atoms with Crippen molar-refractivity contribution in [2.24, 2.45) is 0 Å². The molecule has 8 heteroatoms. The Morgan fingerprint density at radius 3 is 2.26 bits per heavy atom. The third-order valence-corrected chi connectivity index (χ3v) is 6.82. The standard InChI is InChI=1S/C19H17F3N2O2S/c20-13-4-5-14-15(11-23-18(14)10-13)12-8-16(21)19(17(22)9-12)27(25,26)24-6-2-1-3-7-24/h4-5,8-11,23H,1-3,6-7H2. The van der Waals surface area contributed by atoms with Gasteiger partial charge in [0.1, 0.15) is 17.5 Å². The van der Waals surface area contributed by atoms with Crippen LogP contribution in [0.3, 0.4) is 0 Å². The van der Waals surface area contributed by atoms with Gasteiger partial charge in [-0.3, -0.25) is 0 Å². The molecule has 1 N–H and O–H groups in total. The van der Waals surface area contributed by atoms with Crippen molar-refractivity contribution >= 4 is 20.9 Å². The number of hydrogen-bond donors (Lipinski definition) is 1. The van der Waals surface area contributed by atoms with Gasteiger partial charge in [0.25, 0.3) is 0 Å². The maximum atomic E-state index is 14.7. The van der Waals surface area contributed by atoms with Crippen LogP contribution in [0.5, 0.6) is 0 Å². The van der Waals surface area contributed by atoms with Crippen molar-refractivity contribution < 1.29 is 21.6 Å². The van der Waals surface area contributed by atoms with Gasteiger partial charge in [-0.05, 0) is 48.7 Å². The zero-order valence-corrected chi connectivity index (χ0v) is 15.1. The van der Waals surface area contributed by atoms with Gasteiger partial charge in [-0.1, -0.05) is 6.42 Å². The van der Waals surface area contributed by atoms with E-state index in [4.69, 9.17) is 0 Å². The maximum absolute atomic E-state index is 14.7. The number of aromatic nitrogens is 1. The summed E-state index contributed by atoms with van der Waals surface area (Å²) >= 11 is 0. The molecule has 0 spiro atoms. The van der Waals surface area contributed by atoms with Crippen LogP contribution in [-0.4, -0.2) is 30.8 Å². The predicted octanol–water partition coefficient (Wildman–Crippen LogP) is 4.43. The van der Waals surface area contributed by atoms with Gasteiger partial charge in [0, 0.05) is 35.8 Å². The van der Waals surface area contributed by atoms with E-state index in [1.165, 1.54) is 24.4 Å². The third-order valence-electron chi connectivity index (χ3n) is 4.87. The summed E-state index contributed by atoms with van der Waals surface area (Å²) in [7, 11) is -4.23. The Kier molecular flexibility index (Phi) is 4.47. The first-order valence-corrected chi connectivity index (χ1v) is 10.1. The van der Waals surface area contributed by atoms with Gasteiger partial charge in [0.15, 0.2) is 4.90 Å². The van der Waals surface area contributed by atoms with Crippen molar-refractivity contribution in [3.8, 4) is 11.1 Å². The molecule has 3 aromatic rings. The predicted molar refractivity (Wildman–Crippen MR) is 96.2 cm³/mol. The molecule has 1 aliphatic heterocycles. The molecule has 1 fully saturated rings. The monoisotopic (exact) mass is 394 g/mol. The fraction of sp³-hybridized carbons (Fsp3) is 0.263. The molecule has 1 aliphatic rings. The van der Waals surface area contributed by atoms with Crippen LogP contribution in [0.25, 0.3) is 22.0 Å². The lowest BCUT2D eigenvalue weighted by Gasteiger charge is -2.26. The lowest BCUT2D eigenvalue weighted by Crippen LogP contribution is -2.36. The summed E-state index contributed by atoms with van der Waals surface area (Å²) in [6.45, 7) is 0.522.